The van der Waals surface area contributed by atoms with Crippen molar-refractivity contribution in [1.82, 2.24) is 0 Å². The molecule has 0 aliphatic rings. The number of hydrogen-bond acceptors (Lipinski definition) is 5. The number of hydrogen-bond donors (Lipinski definition) is 2. The monoisotopic (exact) mass is 484 g/mol. The van der Waals surface area contributed by atoms with Gasteiger partial charge in [0.2, 0.25) is 11.8 Å². The number of carbonyl (C=O) groups excluding carboxylic acids is 3. The number of carbonyl (C=O) groups is 3. The fraction of sp³-hybridized carbons (Fsp3) is 0.444. The molecule has 0 spiro atoms. The van der Waals surface area contributed by atoms with Crippen LogP contribution in [0.15, 0.2) is 53.4 Å². The lowest BCUT2D eigenvalue weighted by Gasteiger charge is -2.18. The summed E-state index contributed by atoms with van der Waals surface area (Å²) in [5.74, 6) is -0.507. The summed E-state index contributed by atoms with van der Waals surface area (Å²) in [6.45, 7) is 10.5. The molecule has 0 heterocycles. The van der Waals surface area contributed by atoms with Gasteiger partial charge in [0.25, 0.3) is 0 Å². The largest absolute Gasteiger partial charge is 0.462 e. The van der Waals surface area contributed by atoms with Crippen molar-refractivity contribution in [3.05, 3.63) is 54.1 Å². The van der Waals surface area contributed by atoms with E-state index in [0.717, 1.165) is 23.4 Å². The second-order valence-corrected chi connectivity index (χ2v) is 10.7. The first-order valence-electron chi connectivity index (χ1n) is 11.8. The molecule has 2 N–H and O–H groups in total. The topological polar surface area (TPSA) is 84.5 Å². The van der Waals surface area contributed by atoms with E-state index in [9.17, 15) is 14.4 Å². The number of thioether (sulfide) groups is 1. The summed E-state index contributed by atoms with van der Waals surface area (Å²) >= 11 is 1.45. The number of rotatable bonds is 11. The Morgan fingerprint density at radius 1 is 0.971 bits per heavy atom. The predicted octanol–water partition coefficient (Wildman–Crippen LogP) is 6.53. The van der Waals surface area contributed by atoms with Gasteiger partial charge in [-0.2, -0.15) is 0 Å². The van der Waals surface area contributed by atoms with Gasteiger partial charge in [0.05, 0.1) is 17.4 Å². The van der Waals surface area contributed by atoms with Gasteiger partial charge in [0.15, 0.2) is 0 Å². The molecule has 0 fully saturated rings. The molecule has 0 saturated carbocycles. The zero-order valence-corrected chi connectivity index (χ0v) is 21.6. The summed E-state index contributed by atoms with van der Waals surface area (Å²) in [6.07, 6.45) is 2.87. The van der Waals surface area contributed by atoms with Crippen molar-refractivity contribution < 1.29 is 19.1 Å². The molecule has 0 radical (unpaired) electrons. The highest BCUT2D eigenvalue weighted by atomic mass is 32.2. The zero-order valence-electron chi connectivity index (χ0n) is 20.8. The molecule has 2 aromatic carbocycles. The van der Waals surface area contributed by atoms with Crippen LogP contribution in [0.4, 0.5) is 11.4 Å². The number of nitrogens with one attached hydrogen (secondary N) is 2. The van der Waals surface area contributed by atoms with Gasteiger partial charge < -0.3 is 15.4 Å². The lowest BCUT2D eigenvalue weighted by Crippen LogP contribution is -2.24. The molecule has 1 atom stereocenters. The molecule has 2 amide bonds. The van der Waals surface area contributed by atoms with E-state index in [1.165, 1.54) is 11.8 Å². The summed E-state index contributed by atoms with van der Waals surface area (Å²) < 4.78 is 5.21. The lowest BCUT2D eigenvalue weighted by atomic mass is 9.92. The van der Waals surface area contributed by atoms with Crippen LogP contribution in [-0.4, -0.2) is 29.6 Å². The van der Waals surface area contributed by atoms with Crippen molar-refractivity contribution in [2.75, 3.05) is 17.2 Å². The average Bonchev–Trinajstić information content (AvgIpc) is 2.77. The molecule has 0 aliphatic carbocycles. The quantitative estimate of drug-likeness (QED) is 0.215. The molecule has 0 bridgehead atoms. The highest BCUT2D eigenvalue weighted by molar-refractivity contribution is 8.00. The summed E-state index contributed by atoms with van der Waals surface area (Å²) in [7, 11) is 0. The van der Waals surface area contributed by atoms with Crippen LogP contribution < -0.4 is 10.6 Å². The van der Waals surface area contributed by atoms with E-state index < -0.39 is 0 Å². The third-order valence-electron chi connectivity index (χ3n) is 4.87. The van der Waals surface area contributed by atoms with Crippen molar-refractivity contribution >= 4 is 40.9 Å². The fourth-order valence-electron chi connectivity index (χ4n) is 3.13. The van der Waals surface area contributed by atoms with Crippen molar-refractivity contribution in [2.24, 2.45) is 5.41 Å². The normalized spacial score (nSPS) is 12.0. The maximum absolute atomic E-state index is 12.9. The molecule has 0 saturated heterocycles. The van der Waals surface area contributed by atoms with Crippen molar-refractivity contribution in [3.8, 4) is 0 Å². The van der Waals surface area contributed by atoms with Gasteiger partial charge in [-0.25, -0.2) is 4.79 Å². The number of ether oxygens (including phenoxy) is 1. The van der Waals surface area contributed by atoms with Crippen LogP contribution in [0.25, 0.3) is 0 Å². The van der Waals surface area contributed by atoms with E-state index in [-0.39, 0.29) is 28.4 Å². The molecule has 6 nitrogen and oxygen atoms in total. The second-order valence-electron chi connectivity index (χ2n) is 9.38. The molecule has 184 valence electrons. The Bertz CT molecular complexity index is 967. The molecular formula is C27H36N2O4S. The van der Waals surface area contributed by atoms with Crippen molar-refractivity contribution in [2.45, 2.75) is 70.4 Å². The van der Waals surface area contributed by atoms with Crippen molar-refractivity contribution in [1.29, 1.82) is 0 Å². The first-order chi connectivity index (χ1) is 16.1. The Hall–Kier alpha value is -2.80. The molecule has 1 unspecified atom stereocenters. The summed E-state index contributed by atoms with van der Waals surface area (Å²) in [4.78, 5) is 38.1. The predicted molar refractivity (Wildman–Crippen MR) is 139 cm³/mol. The van der Waals surface area contributed by atoms with Gasteiger partial charge in [-0.15, -0.1) is 11.8 Å². The Labute approximate surface area is 207 Å². The number of benzene rings is 2. The smallest absolute Gasteiger partial charge is 0.338 e. The minimum absolute atomic E-state index is 0.0304. The molecular weight excluding hydrogens is 448 g/mol. The average molecular weight is 485 g/mol. The highest BCUT2D eigenvalue weighted by Crippen LogP contribution is 2.29. The SMILES string of the molecule is CCCCOC(=O)c1ccc(NC(=O)C(CC)Sc2cccc(NC(=O)CC(C)(C)C)c2)cc1. The maximum atomic E-state index is 12.9. The van der Waals surface area contributed by atoms with E-state index in [1.54, 1.807) is 24.3 Å². The number of esters is 1. The Morgan fingerprint density at radius 3 is 2.29 bits per heavy atom. The van der Waals surface area contributed by atoms with Crippen LogP contribution in [0, 0.1) is 5.41 Å². The second kappa shape index (κ2) is 13.2. The minimum Gasteiger partial charge on any atom is -0.462 e. The summed E-state index contributed by atoms with van der Waals surface area (Å²) in [5, 5.41) is 5.56. The van der Waals surface area contributed by atoms with Crippen LogP contribution in [0.2, 0.25) is 0 Å². The molecule has 0 aromatic heterocycles. The molecule has 2 aromatic rings. The van der Waals surface area contributed by atoms with Gasteiger partial charge >= 0.3 is 5.97 Å². The fourth-order valence-corrected chi connectivity index (χ4v) is 4.14. The van der Waals surface area contributed by atoms with Gasteiger partial charge in [0, 0.05) is 22.7 Å². The van der Waals surface area contributed by atoms with Gasteiger partial charge in [0.1, 0.15) is 0 Å². The third-order valence-corrected chi connectivity index (χ3v) is 6.23. The number of anilines is 2. The van der Waals surface area contributed by atoms with Gasteiger partial charge in [-0.05, 0) is 60.7 Å². The standard InChI is InChI=1S/C27H36N2O4S/c1-6-8-16-33-26(32)19-12-14-20(15-13-19)29-25(31)23(7-2)34-22-11-9-10-21(17-22)28-24(30)18-27(3,4)5/h9-15,17,23H,6-8,16,18H2,1-5H3,(H,28,30)(H,29,31). The van der Waals surface area contributed by atoms with E-state index in [1.807, 2.05) is 58.9 Å². The van der Waals surface area contributed by atoms with Crippen LogP contribution in [0.3, 0.4) is 0 Å². The molecule has 7 heteroatoms. The molecule has 34 heavy (non-hydrogen) atoms. The Balaban J connectivity index is 1.96. The van der Waals surface area contributed by atoms with Crippen LogP contribution >= 0.6 is 11.8 Å². The highest BCUT2D eigenvalue weighted by Gasteiger charge is 2.19. The van der Waals surface area contributed by atoms with Crippen LogP contribution in [-0.2, 0) is 14.3 Å². The van der Waals surface area contributed by atoms with Crippen molar-refractivity contribution in [3.63, 3.8) is 0 Å². The first kappa shape index (κ1) is 27.4. The zero-order chi connectivity index (χ0) is 25.1. The third kappa shape index (κ3) is 9.59. The molecule has 0 aliphatic heterocycles. The van der Waals surface area contributed by atoms with Crippen LogP contribution in [0.1, 0.15) is 70.7 Å². The number of amides is 2. The van der Waals surface area contributed by atoms with Gasteiger partial charge in [-0.3, -0.25) is 9.59 Å². The van der Waals surface area contributed by atoms with E-state index in [0.29, 0.717) is 30.7 Å². The van der Waals surface area contributed by atoms with Crippen LogP contribution in [0.5, 0.6) is 0 Å². The van der Waals surface area contributed by atoms with E-state index in [2.05, 4.69) is 10.6 Å². The maximum Gasteiger partial charge on any atom is 0.338 e. The van der Waals surface area contributed by atoms with E-state index >= 15 is 0 Å². The summed E-state index contributed by atoms with van der Waals surface area (Å²) in [6, 6.07) is 14.3. The van der Waals surface area contributed by atoms with Gasteiger partial charge in [-0.1, -0.05) is 47.1 Å². The summed E-state index contributed by atoms with van der Waals surface area (Å²) in [5.41, 5.74) is 1.71. The molecule has 2 rings (SSSR count). The minimum atomic E-state index is -0.359. The number of unbranched alkanes of at least 4 members (excludes halogenated alkanes) is 1. The lowest BCUT2D eigenvalue weighted by molar-refractivity contribution is -0.118. The Morgan fingerprint density at radius 2 is 1.68 bits per heavy atom. The Kier molecular flexibility index (Phi) is 10.6. The van der Waals surface area contributed by atoms with E-state index in [4.69, 9.17) is 4.74 Å². The first-order valence-corrected chi connectivity index (χ1v) is 12.6.